The molecule has 4 nitrogen and oxygen atoms in total. The van der Waals surface area contributed by atoms with Crippen molar-refractivity contribution < 1.29 is 23.1 Å². The molecule has 1 N–H and O–H groups in total. The molecule has 16 heavy (non-hydrogen) atoms. The van der Waals surface area contributed by atoms with Crippen molar-refractivity contribution >= 4 is 17.6 Å². The first-order valence-corrected chi connectivity index (χ1v) is 4.69. The lowest BCUT2D eigenvalue weighted by Crippen LogP contribution is -2.19. The van der Waals surface area contributed by atoms with Crippen LogP contribution in [0.4, 0.5) is 13.2 Å². The zero-order chi connectivity index (χ0) is 12.5. The second kappa shape index (κ2) is 4.32. The van der Waals surface area contributed by atoms with E-state index < -0.39 is 28.9 Å². The number of hydrogen-bond donors (Lipinski definition) is 1. The predicted octanol–water partition coefficient (Wildman–Crippen LogP) is 2.59. The first-order valence-electron chi connectivity index (χ1n) is 4.32. The summed E-state index contributed by atoms with van der Waals surface area (Å²) in [6.45, 7) is 1.53. The van der Waals surface area contributed by atoms with Crippen molar-refractivity contribution in [3.05, 3.63) is 16.9 Å². The van der Waals surface area contributed by atoms with Crippen molar-refractivity contribution in [3.8, 4) is 0 Å². The summed E-state index contributed by atoms with van der Waals surface area (Å²) in [6, 6.07) is -1.14. The zero-order valence-electron chi connectivity index (χ0n) is 8.12. The lowest BCUT2D eigenvalue weighted by molar-refractivity contribution is -0.144. The lowest BCUT2D eigenvalue weighted by atomic mass is 10.2. The number of carbonyl (C=O) groups is 1. The number of aliphatic carboxylic acids is 1. The Bertz CT molecular complexity index is 402. The van der Waals surface area contributed by atoms with Crippen molar-refractivity contribution in [2.24, 2.45) is 0 Å². The van der Waals surface area contributed by atoms with Crippen LogP contribution in [0.15, 0.2) is 6.20 Å². The summed E-state index contributed by atoms with van der Waals surface area (Å²) in [4.78, 5) is 10.7. The van der Waals surface area contributed by atoms with Gasteiger partial charge in [-0.1, -0.05) is 18.5 Å². The Morgan fingerprint density at radius 1 is 1.69 bits per heavy atom. The normalized spacial score (nSPS) is 13.8. The molecule has 1 aromatic heterocycles. The zero-order valence-corrected chi connectivity index (χ0v) is 8.88. The molecule has 0 saturated carbocycles. The van der Waals surface area contributed by atoms with Gasteiger partial charge in [-0.2, -0.15) is 18.3 Å². The van der Waals surface area contributed by atoms with Gasteiger partial charge in [0.25, 0.3) is 0 Å². The fraction of sp³-hybridized carbons (Fsp3) is 0.500. The van der Waals surface area contributed by atoms with Crippen molar-refractivity contribution in [2.45, 2.75) is 25.6 Å². The Balaban J connectivity index is 3.14. The average molecular weight is 257 g/mol. The lowest BCUT2D eigenvalue weighted by Gasteiger charge is -2.09. The van der Waals surface area contributed by atoms with Crippen LogP contribution in [0, 0.1) is 0 Å². The molecule has 0 aliphatic carbocycles. The van der Waals surface area contributed by atoms with Gasteiger partial charge in [0.15, 0.2) is 5.69 Å². The van der Waals surface area contributed by atoms with Gasteiger partial charge >= 0.3 is 12.1 Å². The molecular formula is C8H8ClF3N2O2. The Morgan fingerprint density at radius 2 is 2.25 bits per heavy atom. The van der Waals surface area contributed by atoms with Gasteiger partial charge in [0.05, 0.1) is 5.02 Å². The average Bonchev–Trinajstić information content (AvgIpc) is 2.47. The van der Waals surface area contributed by atoms with E-state index in [9.17, 15) is 18.0 Å². The van der Waals surface area contributed by atoms with Crippen LogP contribution >= 0.6 is 11.6 Å². The molecule has 0 amide bonds. The van der Waals surface area contributed by atoms with Gasteiger partial charge in [-0.05, 0) is 6.42 Å². The molecule has 1 rings (SSSR count). The van der Waals surface area contributed by atoms with Crippen LogP contribution in [0.5, 0.6) is 0 Å². The Labute approximate surface area is 93.6 Å². The van der Waals surface area contributed by atoms with E-state index in [1.54, 1.807) is 0 Å². The van der Waals surface area contributed by atoms with Gasteiger partial charge in [-0.3, -0.25) is 4.68 Å². The van der Waals surface area contributed by atoms with Gasteiger partial charge < -0.3 is 5.11 Å². The SMILES string of the molecule is CC[C@@H](C(=O)O)n1cc(Cl)c(C(F)(F)F)n1. The minimum absolute atomic E-state index is 0.116. The highest BCUT2D eigenvalue weighted by atomic mass is 35.5. The van der Waals surface area contributed by atoms with Crippen LogP contribution in [0.3, 0.4) is 0 Å². The first-order chi connectivity index (χ1) is 7.27. The molecule has 0 aromatic carbocycles. The molecule has 0 aliphatic rings. The van der Waals surface area contributed by atoms with Crippen molar-refractivity contribution in [1.82, 2.24) is 9.78 Å². The second-order valence-corrected chi connectivity index (χ2v) is 3.47. The van der Waals surface area contributed by atoms with Crippen LogP contribution in [0.1, 0.15) is 25.1 Å². The number of alkyl halides is 3. The van der Waals surface area contributed by atoms with Gasteiger partial charge in [0, 0.05) is 6.20 Å². The topological polar surface area (TPSA) is 55.1 Å². The summed E-state index contributed by atoms with van der Waals surface area (Å²) in [6.07, 6.45) is -3.70. The summed E-state index contributed by atoms with van der Waals surface area (Å²) < 4.78 is 37.7. The smallest absolute Gasteiger partial charge is 0.436 e. The number of carboxylic acids is 1. The van der Waals surface area contributed by atoms with Gasteiger partial charge in [-0.15, -0.1) is 0 Å². The van der Waals surface area contributed by atoms with E-state index in [1.807, 2.05) is 0 Å². The molecule has 0 spiro atoms. The standard InChI is InChI=1S/C8H8ClF3N2O2/c1-2-5(7(15)16)14-3-4(9)6(13-14)8(10,11)12/h3,5H,2H2,1H3,(H,15,16)/t5-/m0/s1. The van der Waals surface area contributed by atoms with E-state index in [4.69, 9.17) is 16.7 Å². The minimum atomic E-state index is -4.68. The molecule has 1 aromatic rings. The summed E-state index contributed by atoms with van der Waals surface area (Å²) in [5.41, 5.74) is -1.27. The maximum Gasteiger partial charge on any atom is 0.436 e. The van der Waals surface area contributed by atoms with E-state index in [2.05, 4.69) is 5.10 Å². The van der Waals surface area contributed by atoms with Gasteiger partial charge in [0.1, 0.15) is 6.04 Å². The van der Waals surface area contributed by atoms with E-state index in [-0.39, 0.29) is 6.42 Å². The largest absolute Gasteiger partial charge is 0.480 e. The molecule has 0 aliphatic heterocycles. The maximum atomic E-state index is 12.3. The molecule has 0 saturated heterocycles. The number of aromatic nitrogens is 2. The van der Waals surface area contributed by atoms with E-state index in [0.717, 1.165) is 6.20 Å². The summed E-state index contributed by atoms with van der Waals surface area (Å²) >= 11 is 5.34. The summed E-state index contributed by atoms with van der Waals surface area (Å²) in [7, 11) is 0. The number of nitrogens with zero attached hydrogens (tertiary/aromatic N) is 2. The van der Waals surface area contributed by atoms with Crippen LogP contribution in [-0.2, 0) is 11.0 Å². The van der Waals surface area contributed by atoms with E-state index in [1.165, 1.54) is 6.92 Å². The Hall–Kier alpha value is -1.24. The number of halogens is 4. The van der Waals surface area contributed by atoms with Crippen molar-refractivity contribution in [2.75, 3.05) is 0 Å². The molecular weight excluding hydrogens is 249 g/mol. The quantitative estimate of drug-likeness (QED) is 0.904. The van der Waals surface area contributed by atoms with Crippen LogP contribution in [0.2, 0.25) is 5.02 Å². The van der Waals surface area contributed by atoms with Crippen molar-refractivity contribution in [3.63, 3.8) is 0 Å². The number of carboxylic acid groups (broad SMARTS) is 1. The third-order valence-corrected chi connectivity index (χ3v) is 2.22. The van der Waals surface area contributed by atoms with Gasteiger partial charge in [-0.25, -0.2) is 4.79 Å². The van der Waals surface area contributed by atoms with Gasteiger partial charge in [0.2, 0.25) is 0 Å². The summed E-state index contributed by atoms with van der Waals surface area (Å²) in [5, 5.41) is 11.3. The highest BCUT2D eigenvalue weighted by Gasteiger charge is 2.37. The minimum Gasteiger partial charge on any atom is -0.480 e. The van der Waals surface area contributed by atoms with Crippen LogP contribution in [0.25, 0.3) is 0 Å². The molecule has 0 radical (unpaired) electrons. The molecule has 90 valence electrons. The third-order valence-electron chi connectivity index (χ3n) is 1.95. The number of hydrogen-bond acceptors (Lipinski definition) is 2. The maximum absolute atomic E-state index is 12.3. The molecule has 0 unspecified atom stereocenters. The second-order valence-electron chi connectivity index (χ2n) is 3.07. The Morgan fingerprint density at radius 3 is 2.56 bits per heavy atom. The van der Waals surface area contributed by atoms with E-state index >= 15 is 0 Å². The molecule has 1 heterocycles. The predicted molar refractivity (Wildman–Crippen MR) is 49.2 cm³/mol. The summed E-state index contributed by atoms with van der Waals surface area (Å²) in [5.74, 6) is -1.25. The fourth-order valence-corrected chi connectivity index (χ4v) is 1.44. The fourth-order valence-electron chi connectivity index (χ4n) is 1.20. The van der Waals surface area contributed by atoms with Crippen molar-refractivity contribution in [1.29, 1.82) is 0 Å². The first kappa shape index (κ1) is 12.8. The molecule has 8 heteroatoms. The van der Waals surface area contributed by atoms with Crippen LogP contribution in [-0.4, -0.2) is 20.9 Å². The highest BCUT2D eigenvalue weighted by molar-refractivity contribution is 6.31. The highest BCUT2D eigenvalue weighted by Crippen LogP contribution is 2.34. The third kappa shape index (κ3) is 2.46. The molecule has 0 fully saturated rings. The van der Waals surface area contributed by atoms with Crippen LogP contribution < -0.4 is 0 Å². The Kier molecular flexibility index (Phi) is 3.47. The molecule has 1 atom stereocenters. The number of rotatable bonds is 3. The molecule has 0 bridgehead atoms. The van der Waals surface area contributed by atoms with E-state index in [0.29, 0.717) is 4.68 Å². The monoisotopic (exact) mass is 256 g/mol.